The first-order valence-corrected chi connectivity index (χ1v) is 10.1. The van der Waals surface area contributed by atoms with Crippen LogP contribution in [0.4, 0.5) is 0 Å². The van der Waals surface area contributed by atoms with E-state index in [0.29, 0.717) is 19.1 Å². The van der Waals surface area contributed by atoms with Crippen LogP contribution in [0.25, 0.3) is 0 Å². The van der Waals surface area contributed by atoms with Crippen LogP contribution >= 0.6 is 24.0 Å². The number of aryl methyl sites for hydroxylation is 1. The van der Waals surface area contributed by atoms with Gasteiger partial charge in [0.25, 0.3) is 0 Å². The number of aromatic nitrogens is 2. The van der Waals surface area contributed by atoms with Gasteiger partial charge in [0.05, 0.1) is 19.3 Å². The van der Waals surface area contributed by atoms with Crippen molar-refractivity contribution in [1.82, 2.24) is 20.4 Å². The van der Waals surface area contributed by atoms with Gasteiger partial charge in [-0.1, -0.05) is 39.0 Å². The quantitative estimate of drug-likeness (QED) is 0.212. The van der Waals surface area contributed by atoms with E-state index in [4.69, 9.17) is 4.74 Å². The van der Waals surface area contributed by atoms with E-state index < -0.39 is 5.60 Å². The van der Waals surface area contributed by atoms with Gasteiger partial charge in [0, 0.05) is 25.4 Å². The summed E-state index contributed by atoms with van der Waals surface area (Å²) < 4.78 is 7.67. The normalized spacial score (nSPS) is 13.9. The highest BCUT2D eigenvalue weighted by molar-refractivity contribution is 14.0. The fourth-order valence-electron chi connectivity index (χ4n) is 2.91. The lowest BCUT2D eigenvalue weighted by molar-refractivity contribution is 0.0672. The number of para-hydroxylation sites is 1. The van der Waals surface area contributed by atoms with Crippen LogP contribution in [0, 0.1) is 0 Å². The number of ether oxygens (including phenoxy) is 1. The number of benzene rings is 1. The maximum Gasteiger partial charge on any atom is 0.191 e. The van der Waals surface area contributed by atoms with Crippen molar-refractivity contribution < 1.29 is 9.84 Å². The lowest BCUT2D eigenvalue weighted by atomic mass is 9.86. The molecule has 1 atom stereocenters. The van der Waals surface area contributed by atoms with Crippen molar-refractivity contribution in [3.05, 3.63) is 47.8 Å². The highest BCUT2D eigenvalue weighted by atomic mass is 127. The number of rotatable bonds is 8. The summed E-state index contributed by atoms with van der Waals surface area (Å²) in [5.74, 6) is 1.55. The van der Waals surface area contributed by atoms with Crippen molar-refractivity contribution in [3.63, 3.8) is 0 Å². The smallest absolute Gasteiger partial charge is 0.191 e. The molecule has 0 aliphatic heterocycles. The lowest BCUT2D eigenvalue weighted by Gasteiger charge is -2.23. The summed E-state index contributed by atoms with van der Waals surface area (Å²) in [5, 5.41) is 21.3. The van der Waals surface area contributed by atoms with E-state index in [9.17, 15) is 5.11 Å². The van der Waals surface area contributed by atoms with E-state index >= 15 is 0 Å². The molecule has 0 aliphatic rings. The zero-order valence-electron chi connectivity index (χ0n) is 18.9. The molecule has 30 heavy (non-hydrogen) atoms. The van der Waals surface area contributed by atoms with Crippen LogP contribution < -0.4 is 15.4 Å². The average Bonchev–Trinajstić information content (AvgIpc) is 3.10. The number of aliphatic imine (C=N–C) groups is 1. The SMILES string of the molecule is CCNC(=NCC(C)(O)c1cnn(C)c1)NCCOc1ccccc1C(C)(C)C.I. The Balaban J connectivity index is 0.00000450. The molecule has 1 aromatic carbocycles. The fraction of sp³-hybridized carbons (Fsp3) is 0.545. The Hall–Kier alpha value is -1.81. The molecule has 2 rings (SSSR count). The molecule has 2 aromatic rings. The lowest BCUT2D eigenvalue weighted by Crippen LogP contribution is -2.40. The van der Waals surface area contributed by atoms with Crippen LogP contribution in [0.1, 0.15) is 45.7 Å². The van der Waals surface area contributed by atoms with Gasteiger partial charge in [-0.05, 0) is 30.9 Å². The minimum Gasteiger partial charge on any atom is -0.491 e. The highest BCUT2D eigenvalue weighted by Gasteiger charge is 2.24. The Bertz CT molecular complexity index is 812. The van der Waals surface area contributed by atoms with Gasteiger partial charge in [-0.3, -0.25) is 4.68 Å². The molecule has 1 unspecified atom stereocenters. The molecule has 7 nitrogen and oxygen atoms in total. The molecule has 1 heterocycles. The van der Waals surface area contributed by atoms with Crippen LogP contribution in [-0.4, -0.2) is 47.1 Å². The van der Waals surface area contributed by atoms with E-state index in [1.807, 2.05) is 32.2 Å². The second kappa shape index (κ2) is 11.5. The summed E-state index contributed by atoms with van der Waals surface area (Å²) in [5.41, 5.74) is 0.867. The van der Waals surface area contributed by atoms with Crippen LogP contribution in [0.3, 0.4) is 0 Å². The molecule has 0 bridgehead atoms. The molecular weight excluding hydrogens is 493 g/mol. The van der Waals surface area contributed by atoms with Gasteiger partial charge >= 0.3 is 0 Å². The van der Waals surface area contributed by atoms with Gasteiger partial charge in [0.2, 0.25) is 0 Å². The monoisotopic (exact) mass is 529 g/mol. The molecular formula is C22H36IN5O2. The zero-order chi connectivity index (χ0) is 21.5. The Labute approximate surface area is 197 Å². The minimum atomic E-state index is -1.08. The number of hydrogen-bond donors (Lipinski definition) is 3. The molecule has 0 fully saturated rings. The third kappa shape index (κ3) is 7.79. The van der Waals surface area contributed by atoms with E-state index in [0.717, 1.165) is 17.9 Å². The second-order valence-corrected chi connectivity index (χ2v) is 8.39. The number of nitrogens with one attached hydrogen (secondary N) is 2. The molecule has 0 radical (unpaired) electrons. The maximum absolute atomic E-state index is 10.7. The zero-order valence-corrected chi connectivity index (χ0v) is 21.2. The molecule has 0 spiro atoms. The molecule has 0 amide bonds. The first-order valence-electron chi connectivity index (χ1n) is 10.1. The number of hydrogen-bond acceptors (Lipinski definition) is 4. The number of guanidine groups is 1. The van der Waals surface area contributed by atoms with Crippen LogP contribution in [0.5, 0.6) is 5.75 Å². The number of aliphatic hydroxyl groups is 1. The van der Waals surface area contributed by atoms with Gasteiger partial charge in [-0.25, -0.2) is 4.99 Å². The largest absolute Gasteiger partial charge is 0.491 e. The Morgan fingerprint density at radius 2 is 1.90 bits per heavy atom. The van der Waals surface area contributed by atoms with Gasteiger partial charge < -0.3 is 20.5 Å². The van der Waals surface area contributed by atoms with E-state index in [1.165, 1.54) is 5.56 Å². The Morgan fingerprint density at radius 1 is 1.20 bits per heavy atom. The first kappa shape index (κ1) is 26.2. The maximum atomic E-state index is 10.7. The molecule has 0 saturated carbocycles. The number of nitrogens with zero attached hydrogens (tertiary/aromatic N) is 3. The molecule has 1 aromatic heterocycles. The molecule has 8 heteroatoms. The third-order valence-corrected chi connectivity index (χ3v) is 4.56. The Kier molecular flexibility index (Phi) is 10.1. The minimum absolute atomic E-state index is 0. The van der Waals surface area contributed by atoms with Gasteiger partial charge in [0.15, 0.2) is 5.96 Å². The van der Waals surface area contributed by atoms with E-state index in [2.05, 4.69) is 47.6 Å². The molecule has 168 valence electrons. The first-order chi connectivity index (χ1) is 13.6. The standard InChI is InChI=1S/C22H35N5O2.HI/c1-7-23-20(25-16-22(5,28)17-14-26-27(6)15-17)24-12-13-29-19-11-9-8-10-18(19)21(2,3)4;/h8-11,14-15,28H,7,12-13,16H2,1-6H3,(H2,23,24,25);1H. The summed E-state index contributed by atoms with van der Waals surface area (Å²) in [7, 11) is 1.83. The van der Waals surface area contributed by atoms with Crippen LogP contribution in [0.15, 0.2) is 41.7 Å². The summed E-state index contributed by atoms with van der Waals surface area (Å²) in [6, 6.07) is 8.14. The van der Waals surface area contributed by atoms with E-state index in [1.54, 1.807) is 24.0 Å². The number of halogens is 1. The highest BCUT2D eigenvalue weighted by Crippen LogP contribution is 2.30. The van der Waals surface area contributed by atoms with E-state index in [-0.39, 0.29) is 35.9 Å². The van der Waals surface area contributed by atoms with Crippen molar-refractivity contribution in [2.45, 2.75) is 45.6 Å². The summed E-state index contributed by atoms with van der Waals surface area (Å²) in [6.45, 7) is 12.3. The van der Waals surface area contributed by atoms with Crippen LogP contribution in [0.2, 0.25) is 0 Å². The average molecular weight is 529 g/mol. The van der Waals surface area contributed by atoms with Crippen molar-refractivity contribution in [3.8, 4) is 5.75 Å². The topological polar surface area (TPSA) is 83.7 Å². The summed E-state index contributed by atoms with van der Waals surface area (Å²) >= 11 is 0. The molecule has 0 aliphatic carbocycles. The van der Waals surface area contributed by atoms with Crippen molar-refractivity contribution in [2.24, 2.45) is 12.0 Å². The van der Waals surface area contributed by atoms with Gasteiger partial charge in [0.1, 0.15) is 18.0 Å². The predicted molar refractivity (Wildman–Crippen MR) is 133 cm³/mol. The third-order valence-electron chi connectivity index (χ3n) is 4.56. The fourth-order valence-corrected chi connectivity index (χ4v) is 2.91. The summed E-state index contributed by atoms with van der Waals surface area (Å²) in [6.07, 6.45) is 3.47. The predicted octanol–water partition coefficient (Wildman–Crippen LogP) is 3.18. The van der Waals surface area contributed by atoms with Gasteiger partial charge in [-0.15, -0.1) is 24.0 Å². The van der Waals surface area contributed by atoms with Crippen molar-refractivity contribution in [2.75, 3.05) is 26.2 Å². The second-order valence-electron chi connectivity index (χ2n) is 8.39. The van der Waals surface area contributed by atoms with Crippen LogP contribution in [-0.2, 0) is 18.1 Å². The molecule has 0 saturated heterocycles. The van der Waals surface area contributed by atoms with Gasteiger partial charge in [-0.2, -0.15) is 5.10 Å². The molecule has 3 N–H and O–H groups in total. The van der Waals surface area contributed by atoms with Crippen molar-refractivity contribution in [1.29, 1.82) is 0 Å². The Morgan fingerprint density at radius 3 is 2.50 bits per heavy atom. The van der Waals surface area contributed by atoms with Crippen molar-refractivity contribution >= 4 is 29.9 Å². The summed E-state index contributed by atoms with van der Waals surface area (Å²) in [4.78, 5) is 4.52.